The Hall–Kier alpha value is -1.09. The van der Waals surface area contributed by atoms with Crippen LogP contribution in [0.25, 0.3) is 10.8 Å². The predicted molar refractivity (Wildman–Crippen MR) is 86.7 cm³/mol. The molecule has 2 aromatic rings. The minimum atomic E-state index is -0.460. The first-order valence-electron chi connectivity index (χ1n) is 7.72. The van der Waals surface area contributed by atoms with E-state index in [-0.39, 0.29) is 0 Å². The van der Waals surface area contributed by atoms with Crippen LogP contribution in [0.15, 0.2) is 36.4 Å². The van der Waals surface area contributed by atoms with Gasteiger partial charge in [0.25, 0.3) is 0 Å². The zero-order chi connectivity index (χ0) is 14.7. The molecule has 0 saturated carbocycles. The van der Waals surface area contributed by atoms with Crippen molar-refractivity contribution in [3.8, 4) is 0 Å². The van der Waals surface area contributed by atoms with Crippen molar-refractivity contribution in [2.45, 2.75) is 44.3 Å². The molecule has 0 bridgehead atoms. The Bertz CT molecular complexity index is 605. The van der Waals surface area contributed by atoms with Crippen molar-refractivity contribution in [1.82, 2.24) is 0 Å². The maximum atomic E-state index is 10.5. The van der Waals surface area contributed by atoms with E-state index < -0.39 is 6.10 Å². The summed E-state index contributed by atoms with van der Waals surface area (Å²) in [5, 5.41) is 13.3. The van der Waals surface area contributed by atoms with Gasteiger partial charge in [-0.25, -0.2) is 0 Å². The summed E-state index contributed by atoms with van der Waals surface area (Å²) in [5.41, 5.74) is 0.964. The summed E-state index contributed by atoms with van der Waals surface area (Å²) in [7, 11) is 0. The Kier molecular flexibility index (Phi) is 4.79. The van der Waals surface area contributed by atoms with Gasteiger partial charge in [-0.1, -0.05) is 41.9 Å². The molecule has 1 saturated heterocycles. The van der Waals surface area contributed by atoms with Crippen LogP contribution in [0.1, 0.15) is 43.8 Å². The third-order valence-electron chi connectivity index (χ3n) is 4.30. The lowest BCUT2D eigenvalue weighted by Crippen LogP contribution is -2.19. The fourth-order valence-electron chi connectivity index (χ4n) is 3.11. The fraction of sp³-hybridized carbons (Fsp3) is 0.444. The third kappa shape index (κ3) is 3.39. The SMILES string of the molecule is OC(CCC1CCCCO1)c1ccc(Cl)c2ccccc12. The van der Waals surface area contributed by atoms with Crippen LogP contribution in [0, 0.1) is 0 Å². The van der Waals surface area contributed by atoms with Gasteiger partial charge in [-0.2, -0.15) is 0 Å². The highest BCUT2D eigenvalue weighted by atomic mass is 35.5. The van der Waals surface area contributed by atoms with Gasteiger partial charge in [-0.05, 0) is 49.1 Å². The highest BCUT2D eigenvalue weighted by Crippen LogP contribution is 2.32. The number of halogens is 1. The van der Waals surface area contributed by atoms with Crippen LogP contribution >= 0.6 is 11.6 Å². The zero-order valence-corrected chi connectivity index (χ0v) is 12.9. The van der Waals surface area contributed by atoms with Crippen LogP contribution < -0.4 is 0 Å². The molecule has 1 aliphatic rings. The van der Waals surface area contributed by atoms with Gasteiger partial charge < -0.3 is 9.84 Å². The van der Waals surface area contributed by atoms with Crippen LogP contribution in [0.4, 0.5) is 0 Å². The predicted octanol–water partition coefficient (Wildman–Crippen LogP) is 4.88. The molecule has 0 radical (unpaired) electrons. The van der Waals surface area contributed by atoms with Crippen molar-refractivity contribution >= 4 is 22.4 Å². The first kappa shape index (κ1) is 14.8. The first-order chi connectivity index (χ1) is 10.3. The van der Waals surface area contributed by atoms with Gasteiger partial charge in [0.15, 0.2) is 0 Å². The third-order valence-corrected chi connectivity index (χ3v) is 4.63. The lowest BCUT2D eigenvalue weighted by atomic mass is 9.95. The van der Waals surface area contributed by atoms with Gasteiger partial charge in [0.05, 0.1) is 12.2 Å². The maximum absolute atomic E-state index is 10.5. The molecule has 1 fully saturated rings. The quantitative estimate of drug-likeness (QED) is 0.872. The molecule has 2 nitrogen and oxygen atoms in total. The van der Waals surface area contributed by atoms with Crippen LogP contribution in [0.5, 0.6) is 0 Å². The molecule has 3 heteroatoms. The lowest BCUT2D eigenvalue weighted by molar-refractivity contribution is 0.00222. The number of aliphatic hydroxyl groups is 1. The first-order valence-corrected chi connectivity index (χ1v) is 8.10. The second-order valence-corrected chi connectivity index (χ2v) is 6.17. The summed E-state index contributed by atoms with van der Waals surface area (Å²) in [6.07, 6.45) is 5.03. The largest absolute Gasteiger partial charge is 0.388 e. The number of benzene rings is 2. The highest BCUT2D eigenvalue weighted by Gasteiger charge is 2.18. The Balaban J connectivity index is 1.75. The van der Waals surface area contributed by atoms with E-state index in [0.717, 1.165) is 47.2 Å². The van der Waals surface area contributed by atoms with Gasteiger partial charge in [0.2, 0.25) is 0 Å². The van der Waals surface area contributed by atoms with E-state index in [9.17, 15) is 5.11 Å². The number of ether oxygens (including phenoxy) is 1. The van der Waals surface area contributed by atoms with Crippen molar-refractivity contribution in [2.75, 3.05) is 6.61 Å². The van der Waals surface area contributed by atoms with E-state index in [1.807, 2.05) is 36.4 Å². The van der Waals surface area contributed by atoms with E-state index in [0.29, 0.717) is 6.10 Å². The molecule has 0 spiro atoms. The maximum Gasteiger partial charge on any atom is 0.0797 e. The molecule has 0 amide bonds. The summed E-state index contributed by atoms with van der Waals surface area (Å²) in [6, 6.07) is 11.8. The average Bonchev–Trinajstić information content (AvgIpc) is 2.54. The zero-order valence-electron chi connectivity index (χ0n) is 12.1. The Morgan fingerprint density at radius 3 is 2.71 bits per heavy atom. The molecule has 0 aliphatic carbocycles. The van der Waals surface area contributed by atoms with E-state index in [1.54, 1.807) is 0 Å². The summed E-state index contributed by atoms with van der Waals surface area (Å²) >= 11 is 6.23. The Labute approximate surface area is 130 Å². The molecular weight excluding hydrogens is 284 g/mol. The van der Waals surface area contributed by atoms with Crippen LogP contribution in [0.3, 0.4) is 0 Å². The smallest absolute Gasteiger partial charge is 0.0797 e. The monoisotopic (exact) mass is 304 g/mol. The second kappa shape index (κ2) is 6.78. The van der Waals surface area contributed by atoms with Crippen LogP contribution in [-0.4, -0.2) is 17.8 Å². The topological polar surface area (TPSA) is 29.5 Å². The minimum absolute atomic E-state index is 0.312. The minimum Gasteiger partial charge on any atom is -0.388 e. The highest BCUT2D eigenvalue weighted by molar-refractivity contribution is 6.35. The van der Waals surface area contributed by atoms with Gasteiger partial charge in [-0.3, -0.25) is 0 Å². The molecule has 2 atom stereocenters. The summed E-state index contributed by atoms with van der Waals surface area (Å²) in [6.45, 7) is 0.866. The summed E-state index contributed by atoms with van der Waals surface area (Å²) in [4.78, 5) is 0. The number of fused-ring (bicyclic) bond motifs is 1. The normalized spacial score (nSPS) is 20.6. The van der Waals surface area contributed by atoms with Gasteiger partial charge in [-0.15, -0.1) is 0 Å². The molecular formula is C18H21ClO2. The van der Waals surface area contributed by atoms with Crippen molar-refractivity contribution in [3.63, 3.8) is 0 Å². The van der Waals surface area contributed by atoms with Crippen molar-refractivity contribution in [3.05, 3.63) is 47.0 Å². The number of rotatable bonds is 4. The van der Waals surface area contributed by atoms with Gasteiger partial charge in [0, 0.05) is 17.0 Å². The van der Waals surface area contributed by atoms with Crippen molar-refractivity contribution in [2.24, 2.45) is 0 Å². The molecule has 1 N–H and O–H groups in total. The van der Waals surface area contributed by atoms with E-state index in [2.05, 4.69) is 0 Å². The fourth-order valence-corrected chi connectivity index (χ4v) is 3.34. The average molecular weight is 305 g/mol. The standard InChI is InChI=1S/C18H21ClO2/c19-17-10-9-16(14-6-1-2-7-15(14)17)18(20)11-8-13-5-3-4-12-21-13/h1-2,6-7,9-10,13,18,20H,3-5,8,11-12H2. The van der Waals surface area contributed by atoms with Gasteiger partial charge >= 0.3 is 0 Å². The number of hydrogen-bond donors (Lipinski definition) is 1. The molecule has 0 aromatic heterocycles. The van der Waals surface area contributed by atoms with E-state index in [1.165, 1.54) is 12.8 Å². The number of aliphatic hydroxyl groups excluding tert-OH is 1. The Morgan fingerprint density at radius 1 is 1.14 bits per heavy atom. The van der Waals surface area contributed by atoms with Gasteiger partial charge in [0.1, 0.15) is 0 Å². The summed E-state index contributed by atoms with van der Waals surface area (Å²) < 4.78 is 5.74. The molecule has 1 aliphatic heterocycles. The van der Waals surface area contributed by atoms with Crippen molar-refractivity contribution in [1.29, 1.82) is 0 Å². The number of hydrogen-bond acceptors (Lipinski definition) is 2. The lowest BCUT2D eigenvalue weighted by Gasteiger charge is -2.24. The Morgan fingerprint density at radius 2 is 1.95 bits per heavy atom. The molecule has 1 heterocycles. The molecule has 2 aromatic carbocycles. The molecule has 112 valence electrons. The second-order valence-electron chi connectivity index (χ2n) is 5.76. The molecule has 21 heavy (non-hydrogen) atoms. The van der Waals surface area contributed by atoms with Crippen LogP contribution in [-0.2, 0) is 4.74 Å². The molecule has 3 rings (SSSR count). The van der Waals surface area contributed by atoms with E-state index >= 15 is 0 Å². The molecule has 2 unspecified atom stereocenters. The van der Waals surface area contributed by atoms with Crippen molar-refractivity contribution < 1.29 is 9.84 Å². The van der Waals surface area contributed by atoms with E-state index in [4.69, 9.17) is 16.3 Å². The van der Waals surface area contributed by atoms with Crippen LogP contribution in [0.2, 0.25) is 5.02 Å². The summed E-state index contributed by atoms with van der Waals surface area (Å²) in [5.74, 6) is 0.